The summed E-state index contributed by atoms with van der Waals surface area (Å²) < 4.78 is 0. The summed E-state index contributed by atoms with van der Waals surface area (Å²) >= 11 is 1.64. The Kier molecular flexibility index (Phi) is 3.30. The Morgan fingerprint density at radius 2 is 2.38 bits per heavy atom. The van der Waals surface area contributed by atoms with Gasteiger partial charge in [-0.1, -0.05) is 0 Å². The number of thiophene rings is 1. The van der Waals surface area contributed by atoms with E-state index < -0.39 is 5.97 Å². The van der Waals surface area contributed by atoms with Crippen molar-refractivity contribution in [2.75, 3.05) is 6.54 Å². The van der Waals surface area contributed by atoms with Crippen molar-refractivity contribution in [2.45, 2.75) is 38.6 Å². The second-order valence-corrected chi connectivity index (χ2v) is 5.79. The molecule has 2 N–H and O–H groups in total. The molecule has 88 valence electrons. The van der Waals surface area contributed by atoms with E-state index in [9.17, 15) is 4.79 Å². The first-order chi connectivity index (χ1) is 7.58. The van der Waals surface area contributed by atoms with E-state index in [1.54, 1.807) is 11.3 Å². The van der Waals surface area contributed by atoms with E-state index in [2.05, 4.69) is 12.2 Å². The van der Waals surface area contributed by atoms with Crippen LogP contribution in [0.3, 0.4) is 0 Å². The van der Waals surface area contributed by atoms with Crippen molar-refractivity contribution < 1.29 is 9.90 Å². The zero-order valence-electron chi connectivity index (χ0n) is 9.62. The van der Waals surface area contributed by atoms with E-state index in [4.69, 9.17) is 5.11 Å². The maximum atomic E-state index is 11.0. The number of hydrogen-bond acceptors (Lipinski definition) is 3. The number of carbonyl (C=O) groups is 1. The number of nitrogens with one attached hydrogen (secondary N) is 1. The van der Waals surface area contributed by atoms with Gasteiger partial charge in [0.05, 0.1) is 5.56 Å². The van der Waals surface area contributed by atoms with Crippen LogP contribution in [0.25, 0.3) is 0 Å². The normalized spacial score (nSPS) is 25.6. The lowest BCUT2D eigenvalue weighted by molar-refractivity contribution is 0.0696. The Bertz CT molecular complexity index is 400. The van der Waals surface area contributed by atoms with Crippen LogP contribution in [-0.2, 0) is 0 Å². The summed E-state index contributed by atoms with van der Waals surface area (Å²) in [5.74, 6) is -0.268. The zero-order valence-corrected chi connectivity index (χ0v) is 10.4. The lowest BCUT2D eigenvalue weighted by Gasteiger charge is -2.27. The number of aryl methyl sites for hydroxylation is 1. The largest absolute Gasteiger partial charge is 0.478 e. The van der Waals surface area contributed by atoms with Gasteiger partial charge in [0.2, 0.25) is 0 Å². The standard InChI is InChI=1S/C12H17NO2S/c1-7-5-9(3-4-13-7)11-6-10(12(14)15)8(2)16-11/h6-7,9,13H,3-5H2,1-2H3,(H,14,15). The van der Waals surface area contributed by atoms with E-state index in [1.165, 1.54) is 4.88 Å². The van der Waals surface area contributed by atoms with Gasteiger partial charge in [0.15, 0.2) is 0 Å². The SMILES string of the molecule is Cc1sc(C2CCNC(C)C2)cc1C(=O)O. The van der Waals surface area contributed by atoms with E-state index in [0.717, 1.165) is 24.3 Å². The summed E-state index contributed by atoms with van der Waals surface area (Å²) in [5.41, 5.74) is 0.478. The molecule has 0 bridgehead atoms. The van der Waals surface area contributed by atoms with Crippen LogP contribution >= 0.6 is 11.3 Å². The molecule has 0 amide bonds. The first-order valence-corrected chi connectivity index (χ1v) is 6.46. The second kappa shape index (κ2) is 4.55. The van der Waals surface area contributed by atoms with Crippen molar-refractivity contribution in [1.29, 1.82) is 0 Å². The van der Waals surface area contributed by atoms with Gasteiger partial charge < -0.3 is 10.4 Å². The van der Waals surface area contributed by atoms with Crippen molar-refractivity contribution in [3.8, 4) is 0 Å². The minimum atomic E-state index is -0.804. The molecule has 1 fully saturated rings. The number of carboxylic acid groups (broad SMARTS) is 1. The van der Waals surface area contributed by atoms with Gasteiger partial charge in [0.1, 0.15) is 0 Å². The van der Waals surface area contributed by atoms with Gasteiger partial charge in [0.25, 0.3) is 0 Å². The van der Waals surface area contributed by atoms with E-state index >= 15 is 0 Å². The fourth-order valence-electron chi connectivity index (χ4n) is 2.31. The van der Waals surface area contributed by atoms with Crippen molar-refractivity contribution >= 4 is 17.3 Å². The van der Waals surface area contributed by atoms with E-state index in [0.29, 0.717) is 17.5 Å². The number of hydrogen-bond donors (Lipinski definition) is 2. The molecule has 0 saturated carbocycles. The molecule has 2 atom stereocenters. The number of piperidine rings is 1. The van der Waals surface area contributed by atoms with Gasteiger partial charge in [-0.2, -0.15) is 0 Å². The van der Waals surface area contributed by atoms with Crippen molar-refractivity contribution in [2.24, 2.45) is 0 Å². The molecule has 1 saturated heterocycles. The fraction of sp³-hybridized carbons (Fsp3) is 0.583. The van der Waals surface area contributed by atoms with Gasteiger partial charge in [0, 0.05) is 15.8 Å². The molecule has 2 unspecified atom stereocenters. The summed E-state index contributed by atoms with van der Waals surface area (Å²) in [6, 6.07) is 2.40. The average molecular weight is 239 g/mol. The summed E-state index contributed by atoms with van der Waals surface area (Å²) in [5, 5.41) is 12.4. The van der Waals surface area contributed by atoms with E-state index in [-0.39, 0.29) is 0 Å². The van der Waals surface area contributed by atoms with Gasteiger partial charge >= 0.3 is 5.97 Å². The van der Waals surface area contributed by atoms with Gasteiger partial charge in [-0.3, -0.25) is 0 Å². The summed E-state index contributed by atoms with van der Waals surface area (Å²) in [6.45, 7) is 5.11. The average Bonchev–Trinajstić information content (AvgIpc) is 2.60. The smallest absolute Gasteiger partial charge is 0.336 e. The van der Waals surface area contributed by atoms with Gasteiger partial charge in [-0.05, 0) is 45.2 Å². The number of aromatic carboxylic acids is 1. The van der Waals surface area contributed by atoms with Crippen molar-refractivity contribution in [3.05, 3.63) is 21.4 Å². The summed E-state index contributed by atoms with van der Waals surface area (Å²) in [6.07, 6.45) is 2.22. The van der Waals surface area contributed by atoms with Crippen LogP contribution in [-0.4, -0.2) is 23.7 Å². The molecule has 1 aromatic heterocycles. The van der Waals surface area contributed by atoms with Crippen LogP contribution in [0.2, 0.25) is 0 Å². The van der Waals surface area contributed by atoms with Crippen LogP contribution in [0.1, 0.15) is 45.8 Å². The van der Waals surface area contributed by atoms with Gasteiger partial charge in [-0.15, -0.1) is 11.3 Å². The third-order valence-electron chi connectivity index (χ3n) is 3.19. The molecule has 1 aliphatic heterocycles. The monoisotopic (exact) mass is 239 g/mol. The molecule has 0 aliphatic carbocycles. The van der Waals surface area contributed by atoms with E-state index in [1.807, 2.05) is 13.0 Å². The highest BCUT2D eigenvalue weighted by molar-refractivity contribution is 7.12. The molecule has 16 heavy (non-hydrogen) atoms. The molecule has 1 aromatic rings. The molecule has 3 nitrogen and oxygen atoms in total. The first-order valence-electron chi connectivity index (χ1n) is 5.65. The molecule has 1 aliphatic rings. The van der Waals surface area contributed by atoms with Crippen LogP contribution in [0.4, 0.5) is 0 Å². The molecule has 0 aromatic carbocycles. The van der Waals surface area contributed by atoms with Crippen molar-refractivity contribution in [1.82, 2.24) is 5.32 Å². The second-order valence-electron chi connectivity index (χ2n) is 4.50. The van der Waals surface area contributed by atoms with Crippen LogP contribution in [0, 0.1) is 6.92 Å². The van der Waals surface area contributed by atoms with Gasteiger partial charge in [-0.25, -0.2) is 4.79 Å². The van der Waals surface area contributed by atoms with Crippen LogP contribution in [0.15, 0.2) is 6.07 Å². The Morgan fingerprint density at radius 1 is 1.62 bits per heavy atom. The Hall–Kier alpha value is -0.870. The fourth-order valence-corrected chi connectivity index (χ4v) is 3.48. The molecular formula is C12H17NO2S. The third kappa shape index (κ3) is 2.28. The molecule has 0 spiro atoms. The topological polar surface area (TPSA) is 49.3 Å². The number of rotatable bonds is 2. The first kappa shape index (κ1) is 11.6. The maximum absolute atomic E-state index is 11.0. The molecule has 4 heteroatoms. The minimum Gasteiger partial charge on any atom is -0.478 e. The lowest BCUT2D eigenvalue weighted by Crippen LogP contribution is -2.34. The lowest BCUT2D eigenvalue weighted by atomic mass is 9.91. The third-order valence-corrected chi connectivity index (χ3v) is 4.41. The maximum Gasteiger partial charge on any atom is 0.336 e. The highest BCUT2D eigenvalue weighted by Crippen LogP contribution is 2.34. The quantitative estimate of drug-likeness (QED) is 0.834. The number of carboxylic acids is 1. The summed E-state index contributed by atoms with van der Waals surface area (Å²) in [7, 11) is 0. The predicted molar refractivity (Wildman–Crippen MR) is 65.5 cm³/mol. The summed E-state index contributed by atoms with van der Waals surface area (Å²) in [4.78, 5) is 13.1. The highest BCUT2D eigenvalue weighted by atomic mass is 32.1. The Morgan fingerprint density at radius 3 is 2.94 bits per heavy atom. The minimum absolute atomic E-state index is 0.478. The molecule has 0 radical (unpaired) electrons. The van der Waals surface area contributed by atoms with Crippen LogP contribution in [0.5, 0.6) is 0 Å². The molecule has 2 heterocycles. The Labute approximate surface area is 99.5 Å². The molecule has 2 rings (SSSR count). The van der Waals surface area contributed by atoms with Crippen LogP contribution < -0.4 is 5.32 Å². The highest BCUT2D eigenvalue weighted by Gasteiger charge is 2.23. The zero-order chi connectivity index (χ0) is 11.7. The molecular weight excluding hydrogens is 222 g/mol. The van der Waals surface area contributed by atoms with Crippen molar-refractivity contribution in [3.63, 3.8) is 0 Å². The Balaban J connectivity index is 2.20. The predicted octanol–water partition coefficient (Wildman–Crippen LogP) is 2.61.